The van der Waals surface area contributed by atoms with E-state index in [1.807, 2.05) is 12.1 Å². The van der Waals surface area contributed by atoms with Gasteiger partial charge in [0.05, 0.1) is 0 Å². The molecule has 0 aliphatic rings. The van der Waals surface area contributed by atoms with E-state index in [0.29, 0.717) is 5.56 Å². The van der Waals surface area contributed by atoms with Gasteiger partial charge in [-0.3, -0.25) is 4.79 Å². The number of rotatable bonds is 1. The molecule has 0 aromatic heterocycles. The first kappa shape index (κ1) is 8.20. The molecule has 0 saturated heterocycles. The van der Waals surface area contributed by atoms with Gasteiger partial charge in [-0.25, -0.2) is 0 Å². The fourth-order valence-electron chi connectivity index (χ4n) is 0.581. The Labute approximate surface area is 81.1 Å². The molecule has 0 amide bonds. The van der Waals surface area contributed by atoms with Gasteiger partial charge >= 0.3 is 0 Å². The Morgan fingerprint density at radius 2 is 1.80 bits per heavy atom. The summed E-state index contributed by atoms with van der Waals surface area (Å²) >= 11 is 5.06. The molecule has 1 nitrogen and oxygen atoms in total. The Morgan fingerprint density at radius 1 is 1.30 bits per heavy atom. The maximum atomic E-state index is 10.7. The molecule has 0 bridgehead atoms. The minimum atomic E-state index is -0.0658. The highest BCUT2D eigenvalue weighted by Crippen LogP contribution is 2.09. The van der Waals surface area contributed by atoms with Gasteiger partial charge in [-0.1, -0.05) is 0 Å². The third-order valence-electron chi connectivity index (χ3n) is 1.07. The lowest BCUT2D eigenvalue weighted by molar-refractivity contribution is 0.109. The lowest BCUT2D eigenvalue weighted by Crippen LogP contribution is -1.85. The molecule has 52 valence electrons. The number of hydrogen-bond donors (Lipinski definition) is 0. The molecule has 1 aromatic carbocycles. The highest BCUT2D eigenvalue weighted by molar-refractivity contribution is 14.1. The summed E-state index contributed by atoms with van der Waals surface area (Å²) in [7, 11) is 0. The average Bonchev–Trinajstić information content (AvgIpc) is 1.88. The minimum absolute atomic E-state index is 0.0658. The summed E-state index contributed by atoms with van der Waals surface area (Å²) in [6.45, 7) is 0. The van der Waals surface area contributed by atoms with Crippen molar-refractivity contribution in [3.63, 3.8) is 0 Å². The molecule has 3 heteroatoms. The number of carbonyl (C=O) groups is 1. The maximum Gasteiger partial charge on any atom is 0.228 e. The Kier molecular flexibility index (Phi) is 2.85. The second-order valence-electron chi connectivity index (χ2n) is 1.78. The van der Waals surface area contributed by atoms with Gasteiger partial charge in [-0.15, -0.1) is 0 Å². The van der Waals surface area contributed by atoms with Crippen LogP contribution in [0.25, 0.3) is 0 Å². The highest BCUT2D eigenvalue weighted by atomic mass is 127. The second kappa shape index (κ2) is 3.48. The summed E-state index contributed by atoms with van der Waals surface area (Å²) in [5.74, 6) is 0. The molecular weight excluding hydrogens is 307 g/mol. The molecule has 0 spiro atoms. The molecule has 0 saturated carbocycles. The van der Waals surface area contributed by atoms with Crippen LogP contribution in [-0.4, -0.2) is 4.69 Å². The van der Waals surface area contributed by atoms with Crippen LogP contribution in [0.1, 0.15) is 10.4 Å². The lowest BCUT2D eigenvalue weighted by atomic mass is 10.2. The Balaban J connectivity index is 3.00. The number of hydrogen-bond acceptors (Lipinski definition) is 1. The predicted octanol–water partition coefficient (Wildman–Crippen LogP) is 2.83. The summed E-state index contributed by atoms with van der Waals surface area (Å²) in [6, 6.07) is 7.38. The van der Waals surface area contributed by atoms with Crippen molar-refractivity contribution in [2.24, 2.45) is 0 Å². The molecule has 0 heterocycles. The van der Waals surface area contributed by atoms with Crippen molar-refractivity contribution in [2.75, 3.05) is 0 Å². The summed E-state index contributed by atoms with van der Waals surface area (Å²) in [5, 5.41) is 0. The zero-order valence-corrected chi connectivity index (χ0v) is 8.72. The SMILES string of the molecule is O=C(Br)c1ccc(I)cc1. The smallest absolute Gasteiger partial charge is 0.228 e. The van der Waals surface area contributed by atoms with Crippen LogP contribution in [0.3, 0.4) is 0 Å². The molecule has 0 radical (unpaired) electrons. The van der Waals surface area contributed by atoms with Crippen molar-refractivity contribution in [3.05, 3.63) is 33.4 Å². The first-order chi connectivity index (χ1) is 4.70. The Bertz CT molecular complexity index is 242. The Morgan fingerprint density at radius 3 is 2.20 bits per heavy atom. The quantitative estimate of drug-likeness (QED) is 0.576. The van der Waals surface area contributed by atoms with Crippen LogP contribution in [0.2, 0.25) is 0 Å². The molecule has 0 aliphatic heterocycles. The summed E-state index contributed by atoms with van der Waals surface area (Å²) in [5.41, 5.74) is 0.695. The first-order valence-corrected chi connectivity index (χ1v) is 4.53. The maximum absolute atomic E-state index is 10.7. The Hall–Kier alpha value is 0.1000. The summed E-state index contributed by atoms with van der Waals surface area (Å²) in [6.07, 6.45) is 0. The van der Waals surface area contributed by atoms with E-state index in [1.54, 1.807) is 12.1 Å². The average molecular weight is 311 g/mol. The van der Waals surface area contributed by atoms with Gasteiger partial charge in [-0.2, -0.15) is 0 Å². The van der Waals surface area contributed by atoms with Gasteiger partial charge in [0.1, 0.15) is 0 Å². The van der Waals surface area contributed by atoms with Gasteiger partial charge in [0.2, 0.25) is 4.69 Å². The van der Waals surface area contributed by atoms with E-state index >= 15 is 0 Å². The van der Waals surface area contributed by atoms with Crippen LogP contribution in [0, 0.1) is 3.57 Å². The van der Waals surface area contributed by atoms with Crippen LogP contribution in [0.5, 0.6) is 0 Å². The van der Waals surface area contributed by atoms with E-state index in [0.717, 1.165) is 3.57 Å². The van der Waals surface area contributed by atoms with Crippen molar-refractivity contribution in [2.45, 2.75) is 0 Å². The van der Waals surface area contributed by atoms with Crippen LogP contribution in [0.15, 0.2) is 24.3 Å². The number of halogens is 2. The van der Waals surface area contributed by atoms with Crippen molar-refractivity contribution in [1.29, 1.82) is 0 Å². The summed E-state index contributed by atoms with van der Waals surface area (Å²) in [4.78, 5) is 10.7. The third kappa shape index (κ3) is 2.05. The fraction of sp³-hybridized carbons (Fsp3) is 0. The molecule has 1 rings (SSSR count). The van der Waals surface area contributed by atoms with Gasteiger partial charge < -0.3 is 0 Å². The molecule has 0 atom stereocenters. The highest BCUT2D eigenvalue weighted by Gasteiger charge is 1.97. The van der Waals surface area contributed by atoms with Crippen molar-refractivity contribution in [1.82, 2.24) is 0 Å². The van der Waals surface area contributed by atoms with Crippen LogP contribution < -0.4 is 0 Å². The van der Waals surface area contributed by atoms with E-state index < -0.39 is 0 Å². The molecule has 0 unspecified atom stereocenters. The molecule has 0 fully saturated rings. The second-order valence-corrected chi connectivity index (χ2v) is 3.75. The summed E-state index contributed by atoms with van der Waals surface area (Å²) < 4.78 is 1.07. The van der Waals surface area contributed by atoms with Crippen LogP contribution in [-0.2, 0) is 0 Å². The van der Waals surface area contributed by atoms with Gasteiger partial charge in [0.15, 0.2) is 0 Å². The lowest BCUT2D eigenvalue weighted by Gasteiger charge is -1.91. The predicted molar refractivity (Wildman–Crippen MR) is 52.4 cm³/mol. The fourth-order valence-corrected chi connectivity index (χ4v) is 1.20. The van der Waals surface area contributed by atoms with Crippen LogP contribution >= 0.6 is 38.5 Å². The van der Waals surface area contributed by atoms with Gasteiger partial charge in [0.25, 0.3) is 0 Å². The van der Waals surface area contributed by atoms with Gasteiger partial charge in [-0.05, 0) is 62.8 Å². The van der Waals surface area contributed by atoms with Crippen molar-refractivity contribution >= 4 is 43.2 Å². The standard InChI is InChI=1S/C7H4BrIO/c8-7(10)5-1-3-6(9)4-2-5/h1-4H. The minimum Gasteiger partial charge on any atom is -0.281 e. The van der Waals surface area contributed by atoms with E-state index in [4.69, 9.17) is 0 Å². The van der Waals surface area contributed by atoms with E-state index in [9.17, 15) is 4.79 Å². The zero-order chi connectivity index (χ0) is 7.56. The molecule has 10 heavy (non-hydrogen) atoms. The van der Waals surface area contributed by atoms with Gasteiger partial charge in [0, 0.05) is 9.13 Å². The molecular formula is C7H4BrIO. The molecule has 1 aromatic rings. The van der Waals surface area contributed by atoms with Crippen molar-refractivity contribution < 1.29 is 4.79 Å². The van der Waals surface area contributed by atoms with E-state index in [2.05, 4.69) is 38.5 Å². The van der Waals surface area contributed by atoms with Crippen molar-refractivity contribution in [3.8, 4) is 0 Å². The molecule has 0 N–H and O–H groups in total. The number of carbonyl (C=O) groups excluding carboxylic acids is 1. The van der Waals surface area contributed by atoms with E-state index in [-0.39, 0.29) is 4.69 Å². The first-order valence-electron chi connectivity index (χ1n) is 2.65. The molecule has 0 aliphatic carbocycles. The normalized spacial score (nSPS) is 9.40. The zero-order valence-electron chi connectivity index (χ0n) is 4.97. The third-order valence-corrected chi connectivity index (χ3v) is 2.25. The van der Waals surface area contributed by atoms with E-state index in [1.165, 1.54) is 0 Å². The topological polar surface area (TPSA) is 17.1 Å². The van der Waals surface area contributed by atoms with Crippen LogP contribution in [0.4, 0.5) is 0 Å². The largest absolute Gasteiger partial charge is 0.281 e. The number of benzene rings is 1. The monoisotopic (exact) mass is 310 g/mol.